The van der Waals surface area contributed by atoms with E-state index < -0.39 is 0 Å². The Hall–Kier alpha value is -2.34. The van der Waals surface area contributed by atoms with Gasteiger partial charge in [0.1, 0.15) is 0 Å². The Morgan fingerprint density at radius 1 is 1.03 bits per heavy atom. The zero-order chi connectivity index (χ0) is 20.1. The van der Waals surface area contributed by atoms with Crippen LogP contribution in [0.3, 0.4) is 0 Å². The summed E-state index contributed by atoms with van der Waals surface area (Å²) in [6.07, 6.45) is 8.79. The Bertz CT molecular complexity index is 767. The van der Waals surface area contributed by atoms with Gasteiger partial charge >= 0.3 is 0 Å². The van der Waals surface area contributed by atoms with Crippen molar-refractivity contribution in [2.24, 2.45) is 5.92 Å². The van der Waals surface area contributed by atoms with Crippen molar-refractivity contribution in [2.75, 3.05) is 29.9 Å². The van der Waals surface area contributed by atoms with E-state index in [4.69, 9.17) is 9.47 Å². The fraction of sp³-hybridized carbons (Fsp3) is 0.565. The highest BCUT2D eigenvalue weighted by molar-refractivity contribution is 5.59. The molecule has 29 heavy (non-hydrogen) atoms. The van der Waals surface area contributed by atoms with Crippen molar-refractivity contribution in [2.45, 2.75) is 58.2 Å². The van der Waals surface area contributed by atoms with E-state index in [2.05, 4.69) is 58.3 Å². The molecule has 1 aliphatic heterocycles. The van der Waals surface area contributed by atoms with Gasteiger partial charge in [-0.3, -0.25) is 0 Å². The van der Waals surface area contributed by atoms with Crippen LogP contribution in [0.15, 0.2) is 36.5 Å². The first-order valence-electron chi connectivity index (χ1n) is 10.9. The number of ether oxygens (including phenoxy) is 2. The number of benzene rings is 1. The van der Waals surface area contributed by atoms with Gasteiger partial charge in [-0.05, 0) is 56.9 Å². The molecule has 1 saturated heterocycles. The van der Waals surface area contributed by atoms with Crippen molar-refractivity contribution in [3.63, 3.8) is 0 Å². The van der Waals surface area contributed by atoms with E-state index in [9.17, 15) is 0 Å². The third kappa shape index (κ3) is 5.60. The molecule has 0 bridgehead atoms. The van der Waals surface area contributed by atoms with E-state index in [1.165, 1.54) is 37.8 Å². The first kappa shape index (κ1) is 20.0. The predicted octanol–water partition coefficient (Wildman–Crippen LogP) is 4.79. The third-order valence-electron chi connectivity index (χ3n) is 5.73. The minimum absolute atomic E-state index is 0.251. The second-order valence-electron chi connectivity index (χ2n) is 8.37. The molecule has 0 unspecified atom stereocenters. The van der Waals surface area contributed by atoms with Crippen molar-refractivity contribution in [3.8, 4) is 5.88 Å². The van der Waals surface area contributed by atoms with Crippen LogP contribution >= 0.6 is 0 Å². The molecule has 1 aliphatic carbocycles. The van der Waals surface area contributed by atoms with Gasteiger partial charge in [0.2, 0.25) is 11.8 Å². The number of hydrogen-bond acceptors (Lipinski definition) is 6. The van der Waals surface area contributed by atoms with Gasteiger partial charge in [0.05, 0.1) is 18.8 Å². The maximum Gasteiger partial charge on any atom is 0.230 e. The monoisotopic (exact) mass is 396 g/mol. The van der Waals surface area contributed by atoms with E-state index in [1.807, 2.05) is 6.07 Å². The zero-order valence-corrected chi connectivity index (χ0v) is 17.5. The van der Waals surface area contributed by atoms with Crippen molar-refractivity contribution < 1.29 is 9.47 Å². The molecule has 2 atom stereocenters. The van der Waals surface area contributed by atoms with E-state index in [-0.39, 0.29) is 12.2 Å². The topological polar surface area (TPSA) is 59.5 Å². The lowest BCUT2D eigenvalue weighted by atomic mass is 9.90. The lowest BCUT2D eigenvalue weighted by Crippen LogP contribution is -2.45. The Balaban J connectivity index is 1.34. The maximum atomic E-state index is 5.93. The quantitative estimate of drug-likeness (QED) is 0.757. The SMILES string of the molecule is C[C@@H]1CN(c2ccc(Nc3nccc(OCC4CCCCC4)n3)cc2)C[C@H](C)O1. The molecule has 6 heteroatoms. The van der Waals surface area contributed by atoms with E-state index >= 15 is 0 Å². The lowest BCUT2D eigenvalue weighted by molar-refractivity contribution is -0.00521. The molecule has 2 aliphatic rings. The standard InChI is InChI=1S/C23H32N4O2/c1-17-14-27(15-18(2)29-17)21-10-8-20(9-11-21)25-23-24-13-12-22(26-23)28-16-19-6-4-3-5-7-19/h8-13,17-19H,3-7,14-16H2,1-2H3,(H,24,25,26)/t17-,18+. The first-order chi connectivity index (χ1) is 14.2. The molecule has 1 aromatic heterocycles. The molecular weight excluding hydrogens is 364 g/mol. The number of hydrogen-bond donors (Lipinski definition) is 1. The summed E-state index contributed by atoms with van der Waals surface area (Å²) in [5, 5.41) is 3.28. The molecule has 0 radical (unpaired) electrons. The second kappa shape index (κ2) is 9.44. The van der Waals surface area contributed by atoms with Crippen LogP contribution in [0.1, 0.15) is 46.0 Å². The van der Waals surface area contributed by atoms with Crippen LogP contribution in [0, 0.1) is 5.92 Å². The van der Waals surface area contributed by atoms with Crippen molar-refractivity contribution in [3.05, 3.63) is 36.5 Å². The highest BCUT2D eigenvalue weighted by atomic mass is 16.5. The molecule has 1 N–H and O–H groups in total. The normalized spacial score (nSPS) is 23.0. The van der Waals surface area contributed by atoms with Crippen LogP contribution in [0.2, 0.25) is 0 Å². The van der Waals surface area contributed by atoms with Gasteiger partial charge in [-0.2, -0.15) is 4.98 Å². The molecular formula is C23H32N4O2. The van der Waals surface area contributed by atoms with Gasteiger partial charge in [-0.1, -0.05) is 19.3 Å². The summed E-state index contributed by atoms with van der Waals surface area (Å²) in [5.41, 5.74) is 2.18. The minimum atomic E-state index is 0.251. The number of morpholine rings is 1. The Labute approximate surface area is 173 Å². The van der Waals surface area contributed by atoms with E-state index in [0.29, 0.717) is 17.7 Å². The molecule has 1 saturated carbocycles. The summed E-state index contributed by atoms with van der Waals surface area (Å²) in [6.45, 7) is 6.83. The highest BCUT2D eigenvalue weighted by Gasteiger charge is 2.22. The molecule has 0 spiro atoms. The Kier molecular flexibility index (Phi) is 6.49. The molecule has 0 amide bonds. The molecule has 1 aromatic carbocycles. The smallest absolute Gasteiger partial charge is 0.230 e. The molecule has 4 rings (SSSR count). The van der Waals surface area contributed by atoms with Crippen LogP contribution < -0.4 is 15.0 Å². The first-order valence-corrected chi connectivity index (χ1v) is 10.9. The van der Waals surface area contributed by atoms with Crippen LogP contribution in [0.5, 0.6) is 5.88 Å². The number of nitrogens with zero attached hydrogens (tertiary/aromatic N) is 3. The average molecular weight is 397 g/mol. The van der Waals surface area contributed by atoms with Crippen LogP contribution in [-0.4, -0.2) is 41.9 Å². The van der Waals surface area contributed by atoms with Crippen molar-refractivity contribution in [1.82, 2.24) is 9.97 Å². The minimum Gasteiger partial charge on any atom is -0.477 e. The Morgan fingerprint density at radius 3 is 2.48 bits per heavy atom. The van der Waals surface area contributed by atoms with Gasteiger partial charge in [0.15, 0.2) is 0 Å². The van der Waals surface area contributed by atoms with Gasteiger partial charge in [-0.25, -0.2) is 4.98 Å². The highest BCUT2D eigenvalue weighted by Crippen LogP contribution is 2.25. The third-order valence-corrected chi connectivity index (χ3v) is 5.73. The number of rotatable bonds is 6. The predicted molar refractivity (Wildman–Crippen MR) is 116 cm³/mol. The van der Waals surface area contributed by atoms with Gasteiger partial charge in [0, 0.05) is 36.7 Å². The molecule has 6 nitrogen and oxygen atoms in total. The fourth-order valence-corrected chi connectivity index (χ4v) is 4.31. The average Bonchev–Trinajstić information content (AvgIpc) is 2.73. The van der Waals surface area contributed by atoms with E-state index in [0.717, 1.165) is 25.4 Å². The lowest BCUT2D eigenvalue weighted by Gasteiger charge is -2.36. The van der Waals surface area contributed by atoms with Crippen molar-refractivity contribution >= 4 is 17.3 Å². The summed E-state index contributed by atoms with van der Waals surface area (Å²) >= 11 is 0. The van der Waals surface area contributed by atoms with Gasteiger partial charge in [-0.15, -0.1) is 0 Å². The summed E-state index contributed by atoms with van der Waals surface area (Å²) in [6, 6.07) is 10.2. The van der Waals surface area contributed by atoms with Gasteiger partial charge in [0.25, 0.3) is 0 Å². The Morgan fingerprint density at radius 2 is 1.76 bits per heavy atom. The summed E-state index contributed by atoms with van der Waals surface area (Å²) in [5.74, 6) is 1.86. The maximum absolute atomic E-state index is 5.93. The zero-order valence-electron chi connectivity index (χ0n) is 17.5. The number of anilines is 3. The fourth-order valence-electron chi connectivity index (χ4n) is 4.31. The second-order valence-corrected chi connectivity index (χ2v) is 8.37. The molecule has 156 valence electrons. The summed E-state index contributed by atoms with van der Waals surface area (Å²) in [7, 11) is 0. The van der Waals surface area contributed by atoms with Crippen LogP contribution in [-0.2, 0) is 4.74 Å². The number of nitrogens with one attached hydrogen (secondary N) is 1. The molecule has 2 heterocycles. The van der Waals surface area contributed by atoms with Gasteiger partial charge < -0.3 is 19.7 Å². The molecule has 2 aromatic rings. The largest absolute Gasteiger partial charge is 0.477 e. The summed E-state index contributed by atoms with van der Waals surface area (Å²) < 4.78 is 11.8. The van der Waals surface area contributed by atoms with Crippen LogP contribution in [0.25, 0.3) is 0 Å². The van der Waals surface area contributed by atoms with Crippen LogP contribution in [0.4, 0.5) is 17.3 Å². The van der Waals surface area contributed by atoms with E-state index in [1.54, 1.807) is 6.20 Å². The number of aromatic nitrogens is 2. The molecule has 2 fully saturated rings. The summed E-state index contributed by atoms with van der Waals surface area (Å²) in [4.78, 5) is 11.2. The van der Waals surface area contributed by atoms with Crippen molar-refractivity contribution in [1.29, 1.82) is 0 Å².